The molecule has 1 fully saturated rings. The third-order valence-corrected chi connectivity index (χ3v) is 5.34. The highest BCUT2D eigenvalue weighted by Crippen LogP contribution is 2.30. The highest BCUT2D eigenvalue weighted by Gasteiger charge is 2.24. The first-order chi connectivity index (χ1) is 12.9. The minimum absolute atomic E-state index is 0.00132. The van der Waals surface area contributed by atoms with Gasteiger partial charge in [-0.2, -0.15) is 0 Å². The smallest absolute Gasteiger partial charge is 0.229 e. The molecule has 0 saturated carbocycles. The first kappa shape index (κ1) is 19.9. The van der Waals surface area contributed by atoms with Crippen LogP contribution in [-0.4, -0.2) is 41.8 Å². The number of carbonyl (C=O) groups is 1. The summed E-state index contributed by atoms with van der Waals surface area (Å²) in [4.78, 5) is 23.7. The molecule has 1 aliphatic rings. The molecule has 6 nitrogen and oxygen atoms in total. The molecule has 0 aliphatic carbocycles. The third-order valence-electron chi connectivity index (χ3n) is 4.89. The number of aromatic nitrogens is 2. The van der Waals surface area contributed by atoms with E-state index in [1.807, 2.05) is 39.0 Å². The molecule has 0 radical (unpaired) electrons. The van der Waals surface area contributed by atoms with E-state index in [2.05, 4.69) is 31.2 Å². The Bertz CT molecular complexity index is 805. The number of anilines is 2. The predicted molar refractivity (Wildman–Crippen MR) is 114 cm³/mol. The average Bonchev–Trinajstić information content (AvgIpc) is 2.65. The minimum Gasteiger partial charge on any atom is -0.356 e. The molecule has 1 saturated heterocycles. The van der Waals surface area contributed by atoms with Crippen LogP contribution in [0, 0.1) is 11.3 Å². The monoisotopic (exact) mass is 387 g/mol. The van der Waals surface area contributed by atoms with Crippen LogP contribution in [0.25, 0.3) is 10.9 Å². The number of carbonyl (C=O) groups excluding carboxylic acids is 1. The molecule has 27 heavy (non-hydrogen) atoms. The number of fused-ring (bicyclic) bond motifs is 1. The van der Waals surface area contributed by atoms with Crippen molar-refractivity contribution >= 4 is 40.3 Å². The van der Waals surface area contributed by atoms with Crippen LogP contribution in [-0.2, 0) is 4.79 Å². The Labute approximate surface area is 165 Å². The molecule has 3 rings (SSSR count). The van der Waals surface area contributed by atoms with Gasteiger partial charge in [0, 0.05) is 36.1 Å². The van der Waals surface area contributed by atoms with Gasteiger partial charge in [0.15, 0.2) is 0 Å². The van der Waals surface area contributed by atoms with Gasteiger partial charge in [-0.3, -0.25) is 9.52 Å². The fourth-order valence-corrected chi connectivity index (χ4v) is 3.72. The largest absolute Gasteiger partial charge is 0.356 e. The van der Waals surface area contributed by atoms with E-state index in [1.54, 1.807) is 18.3 Å². The van der Waals surface area contributed by atoms with Crippen LogP contribution in [0.5, 0.6) is 0 Å². The van der Waals surface area contributed by atoms with E-state index < -0.39 is 5.41 Å². The number of benzene rings is 1. The lowest BCUT2D eigenvalue weighted by Crippen LogP contribution is -2.39. The lowest BCUT2D eigenvalue weighted by molar-refractivity contribution is -0.123. The zero-order valence-electron chi connectivity index (χ0n) is 16.6. The van der Waals surface area contributed by atoms with Crippen LogP contribution in [0.3, 0.4) is 0 Å². The van der Waals surface area contributed by atoms with Crippen molar-refractivity contribution in [2.24, 2.45) is 11.3 Å². The van der Waals surface area contributed by atoms with E-state index in [9.17, 15) is 4.79 Å². The van der Waals surface area contributed by atoms with Crippen LogP contribution in [0.2, 0.25) is 0 Å². The highest BCUT2D eigenvalue weighted by atomic mass is 32.2. The molecule has 1 aromatic carbocycles. The molecule has 1 atom stereocenters. The highest BCUT2D eigenvalue weighted by molar-refractivity contribution is 7.96. The SMILES string of the molecule is CSNCC1CCCN(c2ncnc3ccc(NC(=O)C(C)(C)C)cc23)C1. The fraction of sp³-hybridized carbons (Fsp3) is 0.550. The van der Waals surface area contributed by atoms with Crippen LogP contribution in [0.15, 0.2) is 24.5 Å². The van der Waals surface area contributed by atoms with E-state index in [0.717, 1.165) is 48.5 Å². The van der Waals surface area contributed by atoms with E-state index in [1.165, 1.54) is 6.42 Å². The second-order valence-electron chi connectivity index (χ2n) is 8.14. The molecule has 1 aliphatic heterocycles. The first-order valence-corrected chi connectivity index (χ1v) is 10.7. The van der Waals surface area contributed by atoms with Crippen LogP contribution in [0.4, 0.5) is 11.5 Å². The van der Waals surface area contributed by atoms with Crippen molar-refractivity contribution in [1.29, 1.82) is 0 Å². The van der Waals surface area contributed by atoms with Crippen molar-refractivity contribution in [3.8, 4) is 0 Å². The Balaban J connectivity index is 1.87. The lowest BCUT2D eigenvalue weighted by Gasteiger charge is -2.34. The van der Waals surface area contributed by atoms with Gasteiger partial charge < -0.3 is 10.2 Å². The summed E-state index contributed by atoms with van der Waals surface area (Å²) in [6.45, 7) is 8.73. The summed E-state index contributed by atoms with van der Waals surface area (Å²) in [5, 5.41) is 4.00. The van der Waals surface area contributed by atoms with Crippen molar-refractivity contribution in [1.82, 2.24) is 14.7 Å². The Morgan fingerprint density at radius 1 is 1.33 bits per heavy atom. The van der Waals surface area contributed by atoms with Gasteiger partial charge in [-0.1, -0.05) is 32.7 Å². The standard InChI is InChI=1S/C20H29N5OS/c1-20(2,3)19(26)24-15-7-8-17-16(10-15)18(22-13-21-17)25-9-5-6-14(12-25)11-23-27-4/h7-8,10,13-14,23H,5-6,9,11-12H2,1-4H3,(H,24,26). The quantitative estimate of drug-likeness (QED) is 0.763. The number of rotatable bonds is 5. The maximum Gasteiger partial charge on any atom is 0.229 e. The Hall–Kier alpha value is -1.86. The van der Waals surface area contributed by atoms with Crippen molar-refractivity contribution in [3.05, 3.63) is 24.5 Å². The number of hydrogen-bond donors (Lipinski definition) is 2. The lowest BCUT2D eigenvalue weighted by atomic mass is 9.95. The van der Waals surface area contributed by atoms with Gasteiger partial charge in [0.05, 0.1) is 5.52 Å². The molecule has 7 heteroatoms. The summed E-state index contributed by atoms with van der Waals surface area (Å²) in [6, 6.07) is 5.86. The summed E-state index contributed by atoms with van der Waals surface area (Å²) in [5.74, 6) is 1.57. The maximum absolute atomic E-state index is 12.3. The average molecular weight is 388 g/mol. The van der Waals surface area contributed by atoms with Crippen LogP contribution < -0.4 is 14.9 Å². The number of hydrogen-bond acceptors (Lipinski definition) is 6. The van der Waals surface area contributed by atoms with Gasteiger partial charge >= 0.3 is 0 Å². The summed E-state index contributed by atoms with van der Waals surface area (Å²) < 4.78 is 3.38. The maximum atomic E-state index is 12.3. The minimum atomic E-state index is -0.435. The van der Waals surface area contributed by atoms with Crippen molar-refractivity contribution < 1.29 is 4.79 Å². The molecule has 2 N–H and O–H groups in total. The number of nitrogens with one attached hydrogen (secondary N) is 2. The van der Waals surface area contributed by atoms with Gasteiger partial charge in [-0.05, 0) is 43.2 Å². The first-order valence-electron chi connectivity index (χ1n) is 9.45. The van der Waals surface area contributed by atoms with Gasteiger partial charge in [0.1, 0.15) is 12.1 Å². The van der Waals surface area contributed by atoms with Crippen molar-refractivity contribution in [2.45, 2.75) is 33.6 Å². The molecule has 1 unspecified atom stereocenters. The second kappa shape index (κ2) is 8.44. The summed E-state index contributed by atoms with van der Waals surface area (Å²) in [5.41, 5.74) is 1.25. The number of nitrogens with zero attached hydrogens (tertiary/aromatic N) is 3. The predicted octanol–water partition coefficient (Wildman–Crippen LogP) is 3.70. The Kier molecular flexibility index (Phi) is 6.22. The topological polar surface area (TPSA) is 70.2 Å². The van der Waals surface area contributed by atoms with Gasteiger partial charge in [-0.25, -0.2) is 9.97 Å². The number of amides is 1. The Morgan fingerprint density at radius 2 is 2.15 bits per heavy atom. The Morgan fingerprint density at radius 3 is 2.89 bits per heavy atom. The summed E-state index contributed by atoms with van der Waals surface area (Å²) in [6.07, 6.45) is 6.09. The second-order valence-corrected chi connectivity index (χ2v) is 8.84. The number of piperidine rings is 1. The molecule has 0 bridgehead atoms. The molecule has 2 heterocycles. The van der Waals surface area contributed by atoms with Crippen LogP contribution >= 0.6 is 11.9 Å². The van der Waals surface area contributed by atoms with E-state index >= 15 is 0 Å². The van der Waals surface area contributed by atoms with E-state index in [0.29, 0.717) is 5.92 Å². The molecule has 2 aromatic rings. The molecule has 146 valence electrons. The molecule has 1 aromatic heterocycles. The zero-order chi connectivity index (χ0) is 19.4. The molecule has 1 amide bonds. The van der Waals surface area contributed by atoms with E-state index in [-0.39, 0.29) is 5.91 Å². The summed E-state index contributed by atoms with van der Waals surface area (Å²) >= 11 is 1.67. The van der Waals surface area contributed by atoms with E-state index in [4.69, 9.17) is 0 Å². The molecule has 0 spiro atoms. The van der Waals surface area contributed by atoms with Gasteiger partial charge in [-0.15, -0.1) is 0 Å². The summed E-state index contributed by atoms with van der Waals surface area (Å²) in [7, 11) is 0. The van der Waals surface area contributed by atoms with Crippen molar-refractivity contribution in [3.63, 3.8) is 0 Å². The molecular weight excluding hydrogens is 358 g/mol. The fourth-order valence-electron chi connectivity index (χ4n) is 3.32. The zero-order valence-corrected chi connectivity index (χ0v) is 17.4. The molecular formula is C20H29N5OS. The van der Waals surface area contributed by atoms with Gasteiger partial charge in [0.25, 0.3) is 0 Å². The third kappa shape index (κ3) is 4.90. The normalized spacial score (nSPS) is 17.9. The van der Waals surface area contributed by atoms with Gasteiger partial charge in [0.2, 0.25) is 5.91 Å². The van der Waals surface area contributed by atoms with Crippen molar-refractivity contribution in [2.75, 3.05) is 36.1 Å². The van der Waals surface area contributed by atoms with Crippen LogP contribution in [0.1, 0.15) is 33.6 Å².